The summed E-state index contributed by atoms with van der Waals surface area (Å²) in [5.41, 5.74) is 12.8. The van der Waals surface area contributed by atoms with Crippen LogP contribution in [0.5, 0.6) is 0 Å². The number of hydrogen-bond acceptors (Lipinski definition) is 2. The van der Waals surface area contributed by atoms with E-state index in [1.807, 2.05) is 0 Å². The van der Waals surface area contributed by atoms with Gasteiger partial charge in [0.1, 0.15) is 5.54 Å². The Morgan fingerprint density at radius 3 is 1.67 bits per heavy atom. The van der Waals surface area contributed by atoms with E-state index in [9.17, 15) is 0 Å². The molecular formula is C25H26N2. The van der Waals surface area contributed by atoms with E-state index in [0.717, 1.165) is 5.70 Å². The lowest BCUT2D eigenvalue weighted by atomic mass is 9.83. The van der Waals surface area contributed by atoms with Gasteiger partial charge in [0.05, 0.1) is 5.70 Å². The lowest BCUT2D eigenvalue weighted by molar-refractivity contribution is 0.490. The molecule has 0 atom stereocenters. The Morgan fingerprint density at radius 1 is 0.667 bits per heavy atom. The minimum absolute atomic E-state index is 0.159. The third kappa shape index (κ3) is 3.29. The summed E-state index contributed by atoms with van der Waals surface area (Å²) >= 11 is 0. The summed E-state index contributed by atoms with van der Waals surface area (Å²) in [7, 11) is 0. The van der Waals surface area contributed by atoms with Crippen molar-refractivity contribution in [1.29, 1.82) is 0 Å². The Hall–Kier alpha value is -2.84. The molecule has 0 fully saturated rings. The molecule has 2 N–H and O–H groups in total. The number of nitrogens with one attached hydrogen (secondary N) is 2. The van der Waals surface area contributed by atoms with Gasteiger partial charge in [-0.05, 0) is 33.7 Å². The Labute approximate surface area is 161 Å². The molecule has 0 amide bonds. The van der Waals surface area contributed by atoms with E-state index in [1.165, 1.54) is 22.3 Å². The molecule has 0 saturated carbocycles. The van der Waals surface area contributed by atoms with E-state index in [-0.39, 0.29) is 11.0 Å². The molecular weight excluding hydrogens is 328 g/mol. The molecule has 3 aromatic carbocycles. The Morgan fingerprint density at radius 2 is 1.19 bits per heavy atom. The molecule has 136 valence electrons. The van der Waals surface area contributed by atoms with Gasteiger partial charge < -0.3 is 5.43 Å². The third-order valence-electron chi connectivity index (χ3n) is 5.28. The molecule has 0 saturated heterocycles. The van der Waals surface area contributed by atoms with Crippen molar-refractivity contribution >= 4 is 5.70 Å². The highest BCUT2D eigenvalue weighted by Gasteiger charge is 2.36. The highest BCUT2D eigenvalue weighted by molar-refractivity contribution is 5.70. The fourth-order valence-electron chi connectivity index (χ4n) is 3.64. The molecule has 3 aromatic rings. The normalized spacial score (nSPS) is 15.9. The van der Waals surface area contributed by atoms with Gasteiger partial charge >= 0.3 is 0 Å². The van der Waals surface area contributed by atoms with Crippen molar-refractivity contribution < 1.29 is 0 Å². The van der Waals surface area contributed by atoms with Crippen molar-refractivity contribution in [3.05, 3.63) is 113 Å². The first kappa shape index (κ1) is 17.6. The predicted octanol–water partition coefficient (Wildman–Crippen LogP) is 5.38. The second-order valence-corrected chi connectivity index (χ2v) is 8.18. The van der Waals surface area contributed by atoms with Crippen LogP contribution in [0, 0.1) is 0 Å². The van der Waals surface area contributed by atoms with Crippen LogP contribution in [0.25, 0.3) is 5.70 Å². The Kier molecular flexibility index (Phi) is 4.37. The van der Waals surface area contributed by atoms with E-state index < -0.39 is 0 Å². The largest absolute Gasteiger partial charge is 0.320 e. The first-order valence-corrected chi connectivity index (χ1v) is 9.47. The summed E-state index contributed by atoms with van der Waals surface area (Å²) in [6.07, 6.45) is 2.30. The van der Waals surface area contributed by atoms with Crippen molar-refractivity contribution in [2.24, 2.45) is 0 Å². The van der Waals surface area contributed by atoms with Gasteiger partial charge in [-0.25, -0.2) is 5.43 Å². The lowest BCUT2D eigenvalue weighted by Crippen LogP contribution is -2.43. The molecule has 0 unspecified atom stereocenters. The third-order valence-corrected chi connectivity index (χ3v) is 5.28. The van der Waals surface area contributed by atoms with Gasteiger partial charge in [-0.2, -0.15) is 0 Å². The van der Waals surface area contributed by atoms with Crippen LogP contribution in [-0.4, -0.2) is 0 Å². The number of benzene rings is 3. The zero-order valence-electron chi connectivity index (χ0n) is 16.2. The van der Waals surface area contributed by atoms with Gasteiger partial charge in [-0.15, -0.1) is 0 Å². The molecule has 4 rings (SSSR count). The number of rotatable bonds is 3. The monoisotopic (exact) mass is 354 g/mol. The minimum atomic E-state index is -0.388. The van der Waals surface area contributed by atoms with Gasteiger partial charge in [-0.1, -0.05) is 106 Å². The second-order valence-electron chi connectivity index (χ2n) is 8.18. The van der Waals surface area contributed by atoms with E-state index in [2.05, 4.69) is 123 Å². The number of hydrogen-bond donors (Lipinski definition) is 2. The molecule has 0 bridgehead atoms. The molecule has 0 radical (unpaired) electrons. The zero-order valence-corrected chi connectivity index (χ0v) is 16.2. The standard InChI is InChI=1S/C25H26N2/c1-24(2,3)20-16-14-19(15-17-20)23-18-25(27-26-23,21-10-6-4-7-11-21)22-12-8-5-9-13-22/h4-18,26-27H,1-3H3. The van der Waals surface area contributed by atoms with Crippen LogP contribution in [0.15, 0.2) is 91.0 Å². The fourth-order valence-corrected chi connectivity index (χ4v) is 3.64. The van der Waals surface area contributed by atoms with Gasteiger partial charge in [0, 0.05) is 0 Å². The van der Waals surface area contributed by atoms with Gasteiger partial charge in [-0.3, -0.25) is 0 Å². The average Bonchev–Trinajstić information content (AvgIpc) is 3.16. The summed E-state index contributed by atoms with van der Waals surface area (Å²) in [5.74, 6) is 0. The van der Waals surface area contributed by atoms with Crippen molar-refractivity contribution in [3.63, 3.8) is 0 Å². The first-order valence-electron chi connectivity index (χ1n) is 9.47. The summed E-state index contributed by atoms with van der Waals surface area (Å²) < 4.78 is 0. The zero-order chi connectivity index (χ0) is 18.9. The van der Waals surface area contributed by atoms with Gasteiger partial charge in [0.2, 0.25) is 0 Å². The molecule has 1 heterocycles. The summed E-state index contributed by atoms with van der Waals surface area (Å²) in [4.78, 5) is 0. The summed E-state index contributed by atoms with van der Waals surface area (Å²) in [6, 6.07) is 30.0. The van der Waals surface area contributed by atoms with Crippen molar-refractivity contribution in [1.82, 2.24) is 10.9 Å². The molecule has 27 heavy (non-hydrogen) atoms. The van der Waals surface area contributed by atoms with Crippen LogP contribution in [-0.2, 0) is 11.0 Å². The van der Waals surface area contributed by atoms with Crippen LogP contribution < -0.4 is 10.9 Å². The molecule has 0 spiro atoms. The van der Waals surface area contributed by atoms with E-state index in [1.54, 1.807) is 0 Å². The summed E-state index contributed by atoms with van der Waals surface area (Å²) in [6.45, 7) is 6.73. The highest BCUT2D eigenvalue weighted by atomic mass is 15.4. The van der Waals surface area contributed by atoms with E-state index in [0.29, 0.717) is 0 Å². The maximum absolute atomic E-state index is 3.55. The molecule has 2 heteroatoms. The lowest BCUT2D eigenvalue weighted by Gasteiger charge is -2.28. The molecule has 1 aliphatic heterocycles. The van der Waals surface area contributed by atoms with Gasteiger partial charge in [0.25, 0.3) is 0 Å². The van der Waals surface area contributed by atoms with Crippen LogP contribution in [0.1, 0.15) is 43.0 Å². The first-order chi connectivity index (χ1) is 13.0. The second kappa shape index (κ2) is 6.71. The minimum Gasteiger partial charge on any atom is -0.320 e. The molecule has 0 aliphatic carbocycles. The number of hydrazine groups is 1. The molecule has 1 aliphatic rings. The van der Waals surface area contributed by atoms with Crippen molar-refractivity contribution in [2.75, 3.05) is 0 Å². The Balaban J connectivity index is 1.78. The maximum atomic E-state index is 3.55. The van der Waals surface area contributed by atoms with Crippen molar-refractivity contribution in [3.8, 4) is 0 Å². The SMILES string of the molecule is CC(C)(C)c1ccc(C2=CC(c3ccccc3)(c3ccccc3)NN2)cc1. The Bertz CT molecular complexity index is 894. The predicted molar refractivity (Wildman–Crippen MR) is 113 cm³/mol. The van der Waals surface area contributed by atoms with Gasteiger partial charge in [0.15, 0.2) is 0 Å². The van der Waals surface area contributed by atoms with Crippen LogP contribution in [0.4, 0.5) is 0 Å². The van der Waals surface area contributed by atoms with E-state index in [4.69, 9.17) is 0 Å². The van der Waals surface area contributed by atoms with E-state index >= 15 is 0 Å². The van der Waals surface area contributed by atoms with Crippen LogP contribution >= 0.6 is 0 Å². The fraction of sp³-hybridized carbons (Fsp3) is 0.200. The maximum Gasteiger partial charge on any atom is 0.107 e. The van der Waals surface area contributed by atoms with Crippen molar-refractivity contribution in [2.45, 2.75) is 31.7 Å². The summed E-state index contributed by atoms with van der Waals surface area (Å²) in [5, 5.41) is 0. The quantitative estimate of drug-likeness (QED) is 0.660. The molecule has 2 nitrogen and oxygen atoms in total. The highest BCUT2D eigenvalue weighted by Crippen LogP contribution is 2.36. The molecule has 0 aromatic heterocycles. The van der Waals surface area contributed by atoms with Crippen LogP contribution in [0.3, 0.4) is 0 Å². The smallest absolute Gasteiger partial charge is 0.107 e. The average molecular weight is 354 g/mol. The topological polar surface area (TPSA) is 24.1 Å². The van der Waals surface area contributed by atoms with Crippen LogP contribution in [0.2, 0.25) is 0 Å².